The molecule has 1 aromatic rings. The predicted octanol–water partition coefficient (Wildman–Crippen LogP) is 0.0300. The monoisotopic (exact) mass is 241 g/mol. The van der Waals surface area contributed by atoms with E-state index in [0.717, 1.165) is 12.8 Å². The molecule has 0 aliphatic heterocycles. The van der Waals surface area contributed by atoms with Crippen LogP contribution >= 0.6 is 0 Å². The zero-order valence-electron chi connectivity index (χ0n) is 9.24. The highest BCUT2D eigenvalue weighted by atomic mass is 16.5. The number of carbonyl (C=O) groups is 1. The summed E-state index contributed by atoms with van der Waals surface area (Å²) >= 11 is 0. The van der Waals surface area contributed by atoms with Crippen molar-refractivity contribution in [3.63, 3.8) is 0 Å². The Morgan fingerprint density at radius 2 is 2.29 bits per heavy atom. The molecule has 4 N–H and O–H groups in total. The third-order valence-corrected chi connectivity index (χ3v) is 3.03. The van der Waals surface area contributed by atoms with Crippen LogP contribution in [0.4, 0.5) is 0 Å². The van der Waals surface area contributed by atoms with Crippen LogP contribution in [0, 0.1) is 5.92 Å². The Balaban J connectivity index is 1.89. The van der Waals surface area contributed by atoms with Crippen LogP contribution in [0.2, 0.25) is 0 Å². The first kappa shape index (κ1) is 12.0. The van der Waals surface area contributed by atoms with Gasteiger partial charge in [0, 0.05) is 12.3 Å². The summed E-state index contributed by atoms with van der Waals surface area (Å²) in [6, 6.07) is -0.623. The van der Waals surface area contributed by atoms with Crippen molar-refractivity contribution in [3.8, 4) is 0 Å². The van der Waals surface area contributed by atoms with Crippen LogP contribution in [0.3, 0.4) is 0 Å². The second-order valence-corrected chi connectivity index (χ2v) is 4.41. The summed E-state index contributed by atoms with van der Waals surface area (Å²) in [6.45, 7) is -0.231. The molecule has 2 rings (SSSR count). The first-order valence-electron chi connectivity index (χ1n) is 5.52. The highest BCUT2D eigenvalue weighted by molar-refractivity contribution is 5.67. The van der Waals surface area contributed by atoms with Crippen LogP contribution in [-0.2, 0) is 4.79 Å². The topological polar surface area (TPSA) is 122 Å². The van der Waals surface area contributed by atoms with E-state index in [1.54, 1.807) is 0 Å². The lowest BCUT2D eigenvalue weighted by Crippen LogP contribution is -2.24. The van der Waals surface area contributed by atoms with Gasteiger partial charge in [-0.2, -0.15) is 4.98 Å². The number of rotatable bonds is 5. The minimum atomic E-state index is -0.776. The minimum Gasteiger partial charge on any atom is -0.481 e. The number of aliphatic hydroxyl groups is 1. The smallest absolute Gasteiger partial charge is 0.303 e. The van der Waals surface area contributed by atoms with Crippen molar-refractivity contribution in [1.82, 2.24) is 10.1 Å². The van der Waals surface area contributed by atoms with Gasteiger partial charge in [-0.15, -0.1) is 0 Å². The summed E-state index contributed by atoms with van der Waals surface area (Å²) in [5.41, 5.74) is 5.55. The summed E-state index contributed by atoms with van der Waals surface area (Å²) in [4.78, 5) is 14.6. The third-order valence-electron chi connectivity index (χ3n) is 3.03. The molecule has 1 heterocycles. The largest absolute Gasteiger partial charge is 0.481 e. The van der Waals surface area contributed by atoms with Gasteiger partial charge in [-0.05, 0) is 18.8 Å². The van der Waals surface area contributed by atoms with E-state index >= 15 is 0 Å². The summed E-state index contributed by atoms with van der Waals surface area (Å²) in [7, 11) is 0. The van der Waals surface area contributed by atoms with Gasteiger partial charge >= 0.3 is 5.97 Å². The molecular weight excluding hydrogens is 226 g/mol. The molecule has 7 nitrogen and oxygen atoms in total. The number of nitrogens with zero attached hydrogens (tertiary/aromatic N) is 2. The van der Waals surface area contributed by atoms with E-state index < -0.39 is 12.0 Å². The summed E-state index contributed by atoms with van der Waals surface area (Å²) in [6.07, 6.45) is 1.69. The molecule has 17 heavy (non-hydrogen) atoms. The number of carboxylic acid groups (broad SMARTS) is 1. The van der Waals surface area contributed by atoms with E-state index in [-0.39, 0.29) is 24.9 Å². The summed E-state index contributed by atoms with van der Waals surface area (Å²) in [5.74, 6) is 0.336. The first-order valence-corrected chi connectivity index (χ1v) is 5.52. The van der Waals surface area contributed by atoms with Gasteiger partial charge in [-0.3, -0.25) is 4.79 Å². The number of aliphatic hydroxyl groups excluding tert-OH is 1. The average Bonchev–Trinajstić information content (AvgIpc) is 2.70. The second kappa shape index (κ2) is 4.80. The molecule has 1 aliphatic carbocycles. The molecule has 0 amide bonds. The molecule has 94 valence electrons. The first-order chi connectivity index (χ1) is 8.10. The Bertz CT molecular complexity index is 400. The molecule has 0 aromatic carbocycles. The molecule has 0 bridgehead atoms. The van der Waals surface area contributed by atoms with E-state index in [0.29, 0.717) is 11.7 Å². The fraction of sp³-hybridized carbons (Fsp3) is 0.700. The minimum absolute atomic E-state index is 0.131. The van der Waals surface area contributed by atoms with Gasteiger partial charge in [0.1, 0.15) is 0 Å². The van der Waals surface area contributed by atoms with Crippen molar-refractivity contribution in [2.24, 2.45) is 11.7 Å². The fourth-order valence-corrected chi connectivity index (χ4v) is 2.00. The maximum atomic E-state index is 10.5. The van der Waals surface area contributed by atoms with E-state index in [4.69, 9.17) is 20.5 Å². The lowest BCUT2D eigenvalue weighted by molar-refractivity contribution is -0.138. The number of aromatic nitrogens is 2. The predicted molar refractivity (Wildman–Crippen MR) is 56.0 cm³/mol. The SMILES string of the molecule is N[C@@H](CO)c1noc(C2CC(CC(=O)O)C2)n1. The van der Waals surface area contributed by atoms with Crippen molar-refractivity contribution >= 4 is 5.97 Å². The molecule has 0 unspecified atom stereocenters. The van der Waals surface area contributed by atoms with Crippen LogP contribution in [-0.4, -0.2) is 32.9 Å². The number of hydrogen-bond donors (Lipinski definition) is 3. The van der Waals surface area contributed by atoms with Crippen LogP contribution in [0.5, 0.6) is 0 Å². The van der Waals surface area contributed by atoms with Gasteiger partial charge in [-0.1, -0.05) is 5.16 Å². The molecule has 0 radical (unpaired) electrons. The van der Waals surface area contributed by atoms with Crippen LogP contribution in [0.25, 0.3) is 0 Å². The molecule has 1 fully saturated rings. The molecule has 1 saturated carbocycles. The fourth-order valence-electron chi connectivity index (χ4n) is 2.00. The molecular formula is C10H15N3O4. The molecule has 1 atom stereocenters. The van der Waals surface area contributed by atoms with E-state index in [1.807, 2.05) is 0 Å². The number of nitrogens with two attached hydrogens (primary N) is 1. The van der Waals surface area contributed by atoms with Crippen molar-refractivity contribution in [1.29, 1.82) is 0 Å². The highest BCUT2D eigenvalue weighted by Gasteiger charge is 2.35. The highest BCUT2D eigenvalue weighted by Crippen LogP contribution is 2.42. The van der Waals surface area contributed by atoms with Gasteiger partial charge < -0.3 is 20.5 Å². The van der Waals surface area contributed by atoms with E-state index in [1.165, 1.54) is 0 Å². The Morgan fingerprint density at radius 3 is 2.88 bits per heavy atom. The quantitative estimate of drug-likeness (QED) is 0.664. The van der Waals surface area contributed by atoms with Gasteiger partial charge in [0.25, 0.3) is 0 Å². The van der Waals surface area contributed by atoms with Crippen LogP contribution in [0.1, 0.15) is 42.9 Å². The molecule has 1 aromatic heterocycles. The third kappa shape index (κ3) is 2.62. The maximum Gasteiger partial charge on any atom is 0.303 e. The Hall–Kier alpha value is -1.47. The van der Waals surface area contributed by atoms with Crippen LogP contribution < -0.4 is 5.73 Å². The van der Waals surface area contributed by atoms with E-state index in [9.17, 15) is 4.79 Å². The lowest BCUT2D eigenvalue weighted by atomic mass is 9.73. The zero-order valence-corrected chi connectivity index (χ0v) is 9.24. The molecule has 7 heteroatoms. The standard InChI is InChI=1S/C10H15N3O4/c11-7(4-14)9-12-10(17-13-9)6-1-5(2-6)3-8(15)16/h5-7,14H,1-4,11H2,(H,15,16)/t5?,6?,7-/m0/s1. The number of carboxylic acids is 1. The zero-order chi connectivity index (χ0) is 12.4. The van der Waals surface area contributed by atoms with Crippen molar-refractivity contribution < 1.29 is 19.5 Å². The molecule has 0 spiro atoms. The summed E-state index contributed by atoms with van der Waals surface area (Å²) in [5, 5.41) is 21.1. The van der Waals surface area contributed by atoms with E-state index in [2.05, 4.69) is 10.1 Å². The Labute approximate surface area is 97.6 Å². The Kier molecular flexibility index (Phi) is 3.39. The maximum absolute atomic E-state index is 10.5. The van der Waals surface area contributed by atoms with Crippen molar-refractivity contribution in [2.45, 2.75) is 31.2 Å². The van der Waals surface area contributed by atoms with Gasteiger partial charge in [0.15, 0.2) is 5.82 Å². The number of aliphatic carboxylic acids is 1. The lowest BCUT2D eigenvalue weighted by Gasteiger charge is -2.31. The van der Waals surface area contributed by atoms with Gasteiger partial charge in [0.2, 0.25) is 5.89 Å². The normalized spacial score (nSPS) is 25.3. The molecule has 1 aliphatic rings. The number of hydrogen-bond acceptors (Lipinski definition) is 6. The Morgan fingerprint density at radius 1 is 1.59 bits per heavy atom. The molecule has 0 saturated heterocycles. The van der Waals surface area contributed by atoms with Gasteiger partial charge in [0.05, 0.1) is 12.6 Å². The average molecular weight is 241 g/mol. The summed E-state index contributed by atoms with van der Waals surface area (Å²) < 4.78 is 5.05. The second-order valence-electron chi connectivity index (χ2n) is 4.41. The van der Waals surface area contributed by atoms with Gasteiger partial charge in [-0.25, -0.2) is 0 Å². The van der Waals surface area contributed by atoms with Crippen LogP contribution in [0.15, 0.2) is 4.52 Å². The van der Waals surface area contributed by atoms with Crippen molar-refractivity contribution in [2.75, 3.05) is 6.61 Å². The van der Waals surface area contributed by atoms with Crippen molar-refractivity contribution in [3.05, 3.63) is 11.7 Å².